The summed E-state index contributed by atoms with van der Waals surface area (Å²) in [6.07, 6.45) is 4.12. The van der Waals surface area contributed by atoms with Gasteiger partial charge in [0, 0.05) is 51.5 Å². The Hall–Kier alpha value is -8.21. The number of hydrogen-bond acceptors (Lipinski definition) is 2. The predicted molar refractivity (Wildman–Crippen MR) is 256 cm³/mol. The lowest BCUT2D eigenvalue weighted by atomic mass is 9.98. The molecule has 4 nitrogen and oxygen atoms in total. The minimum absolute atomic E-state index is 0.937. The summed E-state index contributed by atoms with van der Waals surface area (Å²) < 4.78 is 4.48. The van der Waals surface area contributed by atoms with Crippen LogP contribution >= 0.6 is 0 Å². The first-order valence-electron chi connectivity index (χ1n) is 20.8. The summed E-state index contributed by atoms with van der Waals surface area (Å²) in [5, 5.41) is 7.44. The zero-order valence-electron chi connectivity index (χ0n) is 33.2. The third kappa shape index (κ3) is 6.12. The molecule has 9 aromatic carbocycles. The van der Waals surface area contributed by atoms with Gasteiger partial charge < -0.3 is 13.9 Å². The van der Waals surface area contributed by atoms with Crippen molar-refractivity contribution in [3.8, 4) is 39.2 Å². The summed E-state index contributed by atoms with van der Waals surface area (Å²) in [6.45, 7) is 0. The van der Waals surface area contributed by atoms with E-state index in [1.54, 1.807) is 0 Å². The molecule has 3 aromatic heterocycles. The van der Waals surface area contributed by atoms with Crippen molar-refractivity contribution in [3.05, 3.63) is 231 Å². The van der Waals surface area contributed by atoms with Crippen LogP contribution in [0.3, 0.4) is 0 Å². The highest BCUT2D eigenvalue weighted by Crippen LogP contribution is 2.40. The fraction of sp³-hybridized carbons (Fsp3) is 0. The van der Waals surface area contributed by atoms with Crippen LogP contribution in [-0.4, -0.2) is 14.0 Å². The van der Waals surface area contributed by atoms with Gasteiger partial charge in [0.05, 0.1) is 16.7 Å². The summed E-state index contributed by atoms with van der Waals surface area (Å²) in [6, 6.07) is 79.0. The molecule has 0 amide bonds. The molecule has 61 heavy (non-hydrogen) atoms. The van der Waals surface area contributed by atoms with Gasteiger partial charge in [-0.05, 0) is 141 Å². The smallest absolute Gasteiger partial charge is 0.137 e. The molecule has 286 valence electrons. The number of anilines is 3. The summed E-state index contributed by atoms with van der Waals surface area (Å²) in [5.74, 6) is 0. The number of hydrogen-bond donors (Lipinski definition) is 0. The molecule has 0 bridgehead atoms. The molecule has 0 saturated carbocycles. The van der Waals surface area contributed by atoms with E-state index in [4.69, 9.17) is 4.98 Å². The maximum atomic E-state index is 4.86. The molecular weight excluding hydrogens is 741 g/mol. The van der Waals surface area contributed by atoms with Crippen molar-refractivity contribution in [1.82, 2.24) is 14.0 Å². The molecule has 0 aliphatic carbocycles. The fourth-order valence-electron chi connectivity index (χ4n) is 9.03. The second kappa shape index (κ2) is 14.3. The number of aromatic nitrogens is 3. The van der Waals surface area contributed by atoms with Gasteiger partial charge in [-0.15, -0.1) is 0 Å². The van der Waals surface area contributed by atoms with Crippen molar-refractivity contribution < 1.29 is 0 Å². The van der Waals surface area contributed by atoms with Gasteiger partial charge in [-0.2, -0.15) is 0 Å². The molecule has 0 unspecified atom stereocenters. The van der Waals surface area contributed by atoms with Crippen LogP contribution < -0.4 is 4.90 Å². The van der Waals surface area contributed by atoms with Crippen LogP contribution in [0.4, 0.5) is 17.1 Å². The molecule has 4 heteroatoms. The highest BCUT2D eigenvalue weighted by molar-refractivity contribution is 6.12. The minimum atomic E-state index is 0.937. The number of benzene rings is 9. The van der Waals surface area contributed by atoms with E-state index in [0.29, 0.717) is 0 Å². The first-order valence-corrected chi connectivity index (χ1v) is 20.8. The number of para-hydroxylation sites is 1. The van der Waals surface area contributed by atoms with Gasteiger partial charge >= 0.3 is 0 Å². The highest BCUT2D eigenvalue weighted by Gasteiger charge is 2.18. The van der Waals surface area contributed by atoms with Crippen LogP contribution in [0.5, 0.6) is 0 Å². The zero-order valence-corrected chi connectivity index (χ0v) is 33.2. The predicted octanol–water partition coefficient (Wildman–Crippen LogP) is 15.2. The Morgan fingerprint density at radius 3 is 1.43 bits per heavy atom. The normalized spacial score (nSPS) is 11.6. The average molecular weight is 779 g/mol. The van der Waals surface area contributed by atoms with E-state index in [9.17, 15) is 0 Å². The fourth-order valence-corrected chi connectivity index (χ4v) is 9.03. The van der Waals surface area contributed by atoms with Gasteiger partial charge in [-0.1, -0.05) is 121 Å². The number of imidazole rings is 1. The number of rotatable bonds is 7. The van der Waals surface area contributed by atoms with Crippen LogP contribution in [0.15, 0.2) is 231 Å². The molecule has 0 spiro atoms. The van der Waals surface area contributed by atoms with Crippen LogP contribution in [0, 0.1) is 0 Å². The Labute approximate surface area is 353 Å². The van der Waals surface area contributed by atoms with Gasteiger partial charge in [0.15, 0.2) is 0 Å². The maximum Gasteiger partial charge on any atom is 0.137 e. The van der Waals surface area contributed by atoms with E-state index in [1.165, 1.54) is 65.6 Å². The standard InChI is InChI=1S/C57H38N4/c1-2-14-48(15-3-1)60(49-25-21-41(22-26-49)54-38-59-33-9-8-16-57(59)58-54)50-27-29-51(30-28-50)61-55-31-23-46(44-19-17-39-10-4-6-12-42(39)34-44)36-52(55)53-37-47(24-32-56(53)61)45-20-18-40-11-5-7-13-43(40)35-45/h1-38H. The lowest BCUT2D eigenvalue weighted by Gasteiger charge is -2.26. The Bertz CT molecular complexity index is 3410. The SMILES string of the molecule is c1ccc(N(c2ccc(-c3cn4ccccc4n3)cc2)c2ccc(-n3c4ccc(-c5ccc6ccccc6c5)cc4c4cc(-c5ccc6ccccc6c5)ccc43)cc2)cc1. The topological polar surface area (TPSA) is 25.5 Å². The van der Waals surface area contributed by atoms with E-state index in [1.807, 2.05) is 24.4 Å². The van der Waals surface area contributed by atoms with Gasteiger partial charge in [-0.25, -0.2) is 4.98 Å². The van der Waals surface area contributed by atoms with E-state index in [-0.39, 0.29) is 0 Å². The molecule has 0 fully saturated rings. The van der Waals surface area contributed by atoms with Crippen LogP contribution in [0.1, 0.15) is 0 Å². The maximum absolute atomic E-state index is 4.86. The van der Waals surface area contributed by atoms with Crippen molar-refractivity contribution in [2.45, 2.75) is 0 Å². The molecule has 12 aromatic rings. The Balaban J connectivity index is 0.971. The second-order valence-electron chi connectivity index (χ2n) is 15.7. The average Bonchev–Trinajstić information content (AvgIpc) is 3.91. The van der Waals surface area contributed by atoms with E-state index in [2.05, 4.69) is 220 Å². The molecule has 0 saturated heterocycles. The van der Waals surface area contributed by atoms with E-state index < -0.39 is 0 Å². The van der Waals surface area contributed by atoms with Crippen molar-refractivity contribution in [2.75, 3.05) is 4.90 Å². The molecule has 0 aliphatic heterocycles. The van der Waals surface area contributed by atoms with Gasteiger partial charge in [0.1, 0.15) is 5.65 Å². The Morgan fingerprint density at radius 1 is 0.361 bits per heavy atom. The number of fused-ring (bicyclic) bond motifs is 6. The van der Waals surface area contributed by atoms with Crippen LogP contribution in [0.2, 0.25) is 0 Å². The number of nitrogens with zero attached hydrogens (tertiary/aromatic N) is 4. The van der Waals surface area contributed by atoms with E-state index >= 15 is 0 Å². The van der Waals surface area contributed by atoms with E-state index in [0.717, 1.165) is 39.7 Å². The summed E-state index contributed by atoms with van der Waals surface area (Å²) >= 11 is 0. The van der Waals surface area contributed by atoms with Crippen molar-refractivity contribution in [1.29, 1.82) is 0 Å². The molecular formula is C57H38N4. The molecule has 0 radical (unpaired) electrons. The van der Waals surface area contributed by atoms with Crippen molar-refractivity contribution in [3.63, 3.8) is 0 Å². The highest BCUT2D eigenvalue weighted by atomic mass is 15.1. The third-order valence-electron chi connectivity index (χ3n) is 12.1. The first-order chi connectivity index (χ1) is 30.2. The second-order valence-corrected chi connectivity index (χ2v) is 15.7. The van der Waals surface area contributed by atoms with Gasteiger partial charge in [0.25, 0.3) is 0 Å². The van der Waals surface area contributed by atoms with Gasteiger partial charge in [0.2, 0.25) is 0 Å². The monoisotopic (exact) mass is 778 g/mol. The van der Waals surface area contributed by atoms with Crippen molar-refractivity contribution >= 4 is 66.1 Å². The minimum Gasteiger partial charge on any atom is -0.311 e. The Kier molecular flexibility index (Phi) is 8.13. The number of pyridine rings is 1. The van der Waals surface area contributed by atoms with Crippen LogP contribution in [-0.2, 0) is 0 Å². The summed E-state index contributed by atoms with van der Waals surface area (Å²) in [4.78, 5) is 7.17. The Morgan fingerprint density at radius 2 is 0.836 bits per heavy atom. The zero-order chi connectivity index (χ0) is 40.3. The quantitative estimate of drug-likeness (QED) is 0.161. The lowest BCUT2D eigenvalue weighted by Crippen LogP contribution is -2.10. The molecule has 0 N–H and O–H groups in total. The molecule has 0 aliphatic rings. The first kappa shape index (κ1) is 34.8. The summed E-state index contributed by atoms with van der Waals surface area (Å²) in [5.41, 5.74) is 14.5. The van der Waals surface area contributed by atoms with Crippen LogP contribution in [0.25, 0.3) is 88.2 Å². The largest absolute Gasteiger partial charge is 0.311 e. The third-order valence-corrected chi connectivity index (χ3v) is 12.1. The molecule has 3 heterocycles. The molecule has 12 rings (SSSR count). The van der Waals surface area contributed by atoms with Gasteiger partial charge in [-0.3, -0.25) is 0 Å². The lowest BCUT2D eigenvalue weighted by molar-refractivity contribution is 1.17. The van der Waals surface area contributed by atoms with Crippen molar-refractivity contribution in [2.24, 2.45) is 0 Å². The molecule has 0 atom stereocenters. The summed E-state index contributed by atoms with van der Waals surface area (Å²) in [7, 11) is 0.